The highest BCUT2D eigenvalue weighted by molar-refractivity contribution is 5.45. The monoisotopic (exact) mass is 273 g/mol. The van der Waals surface area contributed by atoms with Gasteiger partial charge in [0.25, 0.3) is 0 Å². The van der Waals surface area contributed by atoms with Crippen molar-refractivity contribution in [3.8, 4) is 11.5 Å². The minimum Gasteiger partial charge on any atom is -0.339 e. The van der Waals surface area contributed by atoms with Gasteiger partial charge in [0.15, 0.2) is 0 Å². The molecule has 1 N–H and O–H groups in total. The largest absolute Gasteiger partial charge is 0.339 e. The van der Waals surface area contributed by atoms with Crippen LogP contribution in [-0.4, -0.2) is 32.7 Å². The van der Waals surface area contributed by atoms with Crippen molar-refractivity contribution in [1.29, 1.82) is 0 Å². The van der Waals surface area contributed by atoms with Crippen molar-refractivity contribution in [3.05, 3.63) is 24.5 Å². The third-order valence-electron chi connectivity index (χ3n) is 3.78. The zero-order chi connectivity index (χ0) is 13.8. The standard InChI is InChI=1S/C14H19N5O/c1-2-16-11-6-4-3-5-10(11)14-18-13(19-20-14)12-9-15-7-8-17-12/h7-11,16H,2-6H2,1H3. The molecule has 0 spiro atoms. The molecular weight excluding hydrogens is 254 g/mol. The smallest absolute Gasteiger partial charge is 0.231 e. The molecule has 0 amide bonds. The molecule has 2 unspecified atom stereocenters. The lowest BCUT2D eigenvalue weighted by Gasteiger charge is -2.29. The van der Waals surface area contributed by atoms with Gasteiger partial charge >= 0.3 is 0 Å². The van der Waals surface area contributed by atoms with E-state index in [9.17, 15) is 0 Å². The van der Waals surface area contributed by atoms with Crippen molar-refractivity contribution in [1.82, 2.24) is 25.4 Å². The first-order valence-electron chi connectivity index (χ1n) is 7.22. The molecule has 1 saturated carbocycles. The summed E-state index contributed by atoms with van der Waals surface area (Å²) in [5.74, 6) is 1.55. The molecule has 2 heterocycles. The summed E-state index contributed by atoms with van der Waals surface area (Å²) in [5.41, 5.74) is 0.651. The summed E-state index contributed by atoms with van der Waals surface area (Å²) in [7, 11) is 0. The van der Waals surface area contributed by atoms with Crippen LogP contribution in [0.4, 0.5) is 0 Å². The molecule has 2 aromatic rings. The lowest BCUT2D eigenvalue weighted by Crippen LogP contribution is -2.37. The van der Waals surface area contributed by atoms with Gasteiger partial charge in [-0.3, -0.25) is 4.98 Å². The fourth-order valence-electron chi connectivity index (χ4n) is 2.84. The maximum atomic E-state index is 5.47. The number of hydrogen-bond donors (Lipinski definition) is 1. The molecule has 6 nitrogen and oxygen atoms in total. The van der Waals surface area contributed by atoms with E-state index in [1.54, 1.807) is 18.6 Å². The van der Waals surface area contributed by atoms with Crippen LogP contribution in [0.25, 0.3) is 11.5 Å². The Morgan fingerprint density at radius 1 is 1.30 bits per heavy atom. The molecule has 20 heavy (non-hydrogen) atoms. The Bertz CT molecular complexity index is 540. The molecule has 0 aromatic carbocycles. The topological polar surface area (TPSA) is 76.7 Å². The highest BCUT2D eigenvalue weighted by atomic mass is 16.5. The van der Waals surface area contributed by atoms with Crippen molar-refractivity contribution >= 4 is 0 Å². The van der Waals surface area contributed by atoms with E-state index in [1.165, 1.54) is 19.3 Å². The summed E-state index contributed by atoms with van der Waals surface area (Å²) < 4.78 is 5.47. The van der Waals surface area contributed by atoms with E-state index in [0.29, 0.717) is 23.5 Å². The molecule has 0 saturated heterocycles. The van der Waals surface area contributed by atoms with Crippen LogP contribution in [0.15, 0.2) is 23.1 Å². The lowest BCUT2D eigenvalue weighted by atomic mass is 9.84. The second-order valence-electron chi connectivity index (χ2n) is 5.10. The van der Waals surface area contributed by atoms with Gasteiger partial charge in [0.2, 0.25) is 11.7 Å². The molecule has 2 atom stereocenters. The fourth-order valence-corrected chi connectivity index (χ4v) is 2.84. The van der Waals surface area contributed by atoms with Gasteiger partial charge in [0.1, 0.15) is 5.69 Å². The number of hydrogen-bond acceptors (Lipinski definition) is 6. The first kappa shape index (κ1) is 13.2. The predicted molar refractivity (Wildman–Crippen MR) is 74.0 cm³/mol. The Morgan fingerprint density at radius 2 is 2.20 bits per heavy atom. The van der Waals surface area contributed by atoms with Gasteiger partial charge in [-0.15, -0.1) is 0 Å². The van der Waals surface area contributed by atoms with E-state index in [4.69, 9.17) is 4.52 Å². The Kier molecular flexibility index (Phi) is 4.01. The van der Waals surface area contributed by atoms with Crippen LogP contribution in [0.2, 0.25) is 0 Å². The third-order valence-corrected chi connectivity index (χ3v) is 3.78. The Labute approximate surface area is 118 Å². The SMILES string of the molecule is CCNC1CCCCC1c1nc(-c2cnccn2)no1. The molecule has 2 aromatic heterocycles. The van der Waals surface area contributed by atoms with E-state index >= 15 is 0 Å². The van der Waals surface area contributed by atoms with E-state index in [2.05, 4.69) is 32.3 Å². The van der Waals surface area contributed by atoms with Gasteiger partial charge in [-0.1, -0.05) is 24.9 Å². The first-order chi connectivity index (χ1) is 9.88. The molecule has 0 aliphatic heterocycles. The number of nitrogens with zero attached hydrogens (tertiary/aromatic N) is 4. The Hall–Kier alpha value is -1.82. The van der Waals surface area contributed by atoms with Gasteiger partial charge in [-0.2, -0.15) is 4.98 Å². The maximum Gasteiger partial charge on any atom is 0.231 e. The number of aromatic nitrogens is 4. The summed E-state index contributed by atoms with van der Waals surface area (Å²) in [6.45, 7) is 3.09. The van der Waals surface area contributed by atoms with E-state index < -0.39 is 0 Å². The fraction of sp³-hybridized carbons (Fsp3) is 0.571. The number of nitrogens with one attached hydrogen (secondary N) is 1. The van der Waals surface area contributed by atoms with Crippen LogP contribution < -0.4 is 5.32 Å². The normalized spacial score (nSPS) is 22.9. The average molecular weight is 273 g/mol. The first-order valence-corrected chi connectivity index (χ1v) is 7.22. The Balaban J connectivity index is 1.81. The molecule has 1 aliphatic rings. The predicted octanol–water partition coefficient (Wildman–Crippen LogP) is 2.16. The number of rotatable bonds is 4. The van der Waals surface area contributed by atoms with Crippen molar-refractivity contribution in [2.75, 3.05) is 6.54 Å². The molecule has 1 aliphatic carbocycles. The van der Waals surface area contributed by atoms with E-state index in [0.717, 1.165) is 18.9 Å². The van der Waals surface area contributed by atoms with Gasteiger partial charge in [-0.25, -0.2) is 4.98 Å². The maximum absolute atomic E-state index is 5.47. The van der Waals surface area contributed by atoms with Crippen LogP contribution in [0, 0.1) is 0 Å². The van der Waals surface area contributed by atoms with Crippen LogP contribution in [0.1, 0.15) is 44.4 Å². The van der Waals surface area contributed by atoms with Gasteiger partial charge in [0, 0.05) is 18.4 Å². The summed E-state index contributed by atoms with van der Waals surface area (Å²) >= 11 is 0. The average Bonchev–Trinajstić information content (AvgIpc) is 2.99. The highest BCUT2D eigenvalue weighted by Crippen LogP contribution is 2.32. The summed E-state index contributed by atoms with van der Waals surface area (Å²) in [6, 6.07) is 0.434. The summed E-state index contributed by atoms with van der Waals surface area (Å²) in [6.07, 6.45) is 9.66. The van der Waals surface area contributed by atoms with Gasteiger partial charge in [-0.05, 0) is 19.4 Å². The van der Waals surface area contributed by atoms with Gasteiger partial charge < -0.3 is 9.84 Å². The van der Waals surface area contributed by atoms with E-state index in [-0.39, 0.29) is 0 Å². The van der Waals surface area contributed by atoms with Crippen molar-refractivity contribution in [3.63, 3.8) is 0 Å². The molecule has 6 heteroatoms. The molecule has 1 fully saturated rings. The Morgan fingerprint density at radius 3 is 3.00 bits per heavy atom. The van der Waals surface area contributed by atoms with Crippen molar-refractivity contribution < 1.29 is 4.52 Å². The molecular formula is C14H19N5O. The molecule has 0 bridgehead atoms. The van der Waals surface area contributed by atoms with Crippen molar-refractivity contribution in [2.45, 2.75) is 44.6 Å². The minimum atomic E-state index is 0.307. The van der Waals surface area contributed by atoms with Crippen molar-refractivity contribution in [2.24, 2.45) is 0 Å². The number of likely N-dealkylation sites (N-methyl/N-ethyl adjacent to an activating group) is 1. The van der Waals surface area contributed by atoms with Crippen LogP contribution in [-0.2, 0) is 0 Å². The van der Waals surface area contributed by atoms with Gasteiger partial charge in [0.05, 0.1) is 12.1 Å². The minimum absolute atomic E-state index is 0.307. The summed E-state index contributed by atoms with van der Waals surface area (Å²) in [5, 5.41) is 7.57. The third kappa shape index (κ3) is 2.70. The van der Waals surface area contributed by atoms with Crippen LogP contribution >= 0.6 is 0 Å². The lowest BCUT2D eigenvalue weighted by molar-refractivity contribution is 0.265. The highest BCUT2D eigenvalue weighted by Gasteiger charge is 2.30. The zero-order valence-electron chi connectivity index (χ0n) is 11.6. The zero-order valence-corrected chi connectivity index (χ0v) is 11.6. The second-order valence-corrected chi connectivity index (χ2v) is 5.10. The molecule has 106 valence electrons. The van der Waals surface area contributed by atoms with Crippen LogP contribution in [0.3, 0.4) is 0 Å². The molecule has 3 rings (SSSR count). The molecule has 0 radical (unpaired) electrons. The summed E-state index contributed by atoms with van der Waals surface area (Å²) in [4.78, 5) is 12.7. The van der Waals surface area contributed by atoms with E-state index in [1.807, 2.05) is 0 Å². The quantitative estimate of drug-likeness (QED) is 0.920. The second kappa shape index (κ2) is 6.09. The van der Waals surface area contributed by atoms with Crippen LogP contribution in [0.5, 0.6) is 0 Å².